The van der Waals surface area contributed by atoms with Crippen LogP contribution in [0.25, 0.3) is 11.0 Å². The monoisotopic (exact) mass is 343 g/mol. The summed E-state index contributed by atoms with van der Waals surface area (Å²) in [6.45, 7) is 2.08. The molecule has 0 aliphatic carbocycles. The molecule has 3 rings (SSSR count). The number of nitrogens with zero attached hydrogens (tertiary/aromatic N) is 3. The zero-order chi connectivity index (χ0) is 17.8. The van der Waals surface area contributed by atoms with Crippen molar-refractivity contribution in [2.24, 2.45) is 7.05 Å². The molecular formula is C18H22FN5O. The molecule has 0 saturated heterocycles. The second-order valence-corrected chi connectivity index (χ2v) is 6.15. The lowest BCUT2D eigenvalue weighted by Gasteiger charge is -2.17. The first-order valence-electron chi connectivity index (χ1n) is 8.47. The Morgan fingerprint density at radius 3 is 3.00 bits per heavy atom. The second-order valence-electron chi connectivity index (χ2n) is 6.15. The number of imidazole rings is 2. The lowest BCUT2D eigenvalue weighted by molar-refractivity contribution is -0.122. The Labute approximate surface area is 145 Å². The van der Waals surface area contributed by atoms with Crippen LogP contribution in [0, 0.1) is 5.82 Å². The molecular weight excluding hydrogens is 321 g/mol. The normalized spacial score (nSPS) is 12.4. The van der Waals surface area contributed by atoms with Gasteiger partial charge in [-0.05, 0) is 24.6 Å². The van der Waals surface area contributed by atoms with Gasteiger partial charge in [0.25, 0.3) is 0 Å². The number of amides is 1. The lowest BCUT2D eigenvalue weighted by atomic mass is 10.1. The number of rotatable bonds is 7. The highest BCUT2D eigenvalue weighted by Crippen LogP contribution is 2.17. The lowest BCUT2D eigenvalue weighted by Crippen LogP contribution is -2.30. The van der Waals surface area contributed by atoms with Gasteiger partial charge in [0, 0.05) is 32.3 Å². The molecule has 1 atom stereocenters. The van der Waals surface area contributed by atoms with Crippen molar-refractivity contribution < 1.29 is 9.18 Å². The Morgan fingerprint density at radius 2 is 2.28 bits per heavy atom. The molecule has 0 fully saturated rings. The van der Waals surface area contributed by atoms with E-state index in [1.165, 1.54) is 12.1 Å². The Morgan fingerprint density at radius 1 is 1.44 bits per heavy atom. The fourth-order valence-electron chi connectivity index (χ4n) is 2.92. The summed E-state index contributed by atoms with van der Waals surface area (Å²) in [6.07, 6.45) is 6.18. The molecule has 3 aromatic rings. The third-order valence-corrected chi connectivity index (χ3v) is 4.16. The molecule has 2 N–H and O–H groups in total. The number of halogens is 1. The largest absolute Gasteiger partial charge is 0.346 e. The molecule has 1 aromatic carbocycles. The number of hydrogen-bond acceptors (Lipinski definition) is 3. The predicted molar refractivity (Wildman–Crippen MR) is 93.4 cm³/mol. The van der Waals surface area contributed by atoms with Gasteiger partial charge in [-0.3, -0.25) is 4.79 Å². The third-order valence-electron chi connectivity index (χ3n) is 4.16. The molecule has 1 amide bonds. The SMILES string of the molecule is CCC[C@@H](NC(=O)CCc1nc2ccc(F)cc2[nH]1)c1nccn1C. The van der Waals surface area contributed by atoms with E-state index in [0.717, 1.165) is 18.7 Å². The van der Waals surface area contributed by atoms with E-state index < -0.39 is 0 Å². The van der Waals surface area contributed by atoms with Crippen LogP contribution >= 0.6 is 0 Å². The van der Waals surface area contributed by atoms with Crippen LogP contribution < -0.4 is 5.32 Å². The van der Waals surface area contributed by atoms with Gasteiger partial charge in [-0.25, -0.2) is 14.4 Å². The van der Waals surface area contributed by atoms with Crippen molar-refractivity contribution in [3.63, 3.8) is 0 Å². The van der Waals surface area contributed by atoms with Gasteiger partial charge in [0.2, 0.25) is 5.91 Å². The van der Waals surface area contributed by atoms with Gasteiger partial charge in [0.05, 0.1) is 17.1 Å². The summed E-state index contributed by atoms with van der Waals surface area (Å²) in [6, 6.07) is 4.32. The van der Waals surface area contributed by atoms with E-state index in [1.807, 2.05) is 17.8 Å². The molecule has 0 unspecified atom stereocenters. The highest BCUT2D eigenvalue weighted by molar-refractivity contribution is 5.77. The highest BCUT2D eigenvalue weighted by Gasteiger charge is 2.18. The summed E-state index contributed by atoms with van der Waals surface area (Å²) < 4.78 is 15.1. The van der Waals surface area contributed by atoms with Crippen molar-refractivity contribution >= 4 is 16.9 Å². The maximum absolute atomic E-state index is 13.2. The molecule has 0 saturated carbocycles. The number of carbonyl (C=O) groups excluding carboxylic acids is 1. The van der Waals surface area contributed by atoms with Gasteiger partial charge >= 0.3 is 0 Å². The number of carbonyl (C=O) groups is 1. The highest BCUT2D eigenvalue weighted by atomic mass is 19.1. The van der Waals surface area contributed by atoms with Gasteiger partial charge in [-0.1, -0.05) is 13.3 Å². The van der Waals surface area contributed by atoms with Crippen LogP contribution in [0.3, 0.4) is 0 Å². The van der Waals surface area contributed by atoms with Crippen LogP contribution in [-0.2, 0) is 18.3 Å². The van der Waals surface area contributed by atoms with E-state index in [2.05, 4.69) is 27.2 Å². The summed E-state index contributed by atoms with van der Waals surface area (Å²) in [5, 5.41) is 3.05. The number of fused-ring (bicyclic) bond motifs is 1. The average Bonchev–Trinajstić information content (AvgIpc) is 3.18. The van der Waals surface area contributed by atoms with Crippen molar-refractivity contribution in [2.45, 2.75) is 38.6 Å². The van der Waals surface area contributed by atoms with Gasteiger partial charge < -0.3 is 14.9 Å². The number of aryl methyl sites for hydroxylation is 2. The van der Waals surface area contributed by atoms with E-state index in [9.17, 15) is 9.18 Å². The Balaban J connectivity index is 1.61. The van der Waals surface area contributed by atoms with Gasteiger partial charge in [-0.15, -0.1) is 0 Å². The summed E-state index contributed by atoms with van der Waals surface area (Å²) in [5.74, 6) is 1.18. The van der Waals surface area contributed by atoms with Crippen molar-refractivity contribution in [2.75, 3.05) is 0 Å². The first-order valence-corrected chi connectivity index (χ1v) is 8.47. The molecule has 0 aliphatic rings. The van der Waals surface area contributed by atoms with Crippen molar-refractivity contribution in [3.8, 4) is 0 Å². The van der Waals surface area contributed by atoms with E-state index in [4.69, 9.17) is 0 Å². The third kappa shape index (κ3) is 4.04. The van der Waals surface area contributed by atoms with Crippen molar-refractivity contribution in [3.05, 3.63) is 48.1 Å². The number of aromatic nitrogens is 4. The minimum atomic E-state index is -0.307. The zero-order valence-corrected chi connectivity index (χ0v) is 14.4. The van der Waals surface area contributed by atoms with Crippen LogP contribution in [0.15, 0.2) is 30.6 Å². The first kappa shape index (κ1) is 17.1. The molecule has 0 aliphatic heterocycles. The van der Waals surface area contributed by atoms with Crippen LogP contribution in [0.2, 0.25) is 0 Å². The first-order chi connectivity index (χ1) is 12.1. The van der Waals surface area contributed by atoms with E-state index in [1.54, 1.807) is 12.3 Å². The van der Waals surface area contributed by atoms with E-state index >= 15 is 0 Å². The van der Waals surface area contributed by atoms with Crippen LogP contribution in [0.5, 0.6) is 0 Å². The number of aromatic amines is 1. The summed E-state index contributed by atoms with van der Waals surface area (Å²) in [5.41, 5.74) is 1.35. The molecule has 6 nitrogen and oxygen atoms in total. The molecule has 25 heavy (non-hydrogen) atoms. The van der Waals surface area contributed by atoms with Crippen LogP contribution in [0.1, 0.15) is 43.9 Å². The number of nitrogens with one attached hydrogen (secondary N) is 2. The maximum atomic E-state index is 13.2. The quantitative estimate of drug-likeness (QED) is 0.692. The minimum absolute atomic E-state index is 0.0481. The van der Waals surface area contributed by atoms with Crippen molar-refractivity contribution in [1.29, 1.82) is 0 Å². The number of benzene rings is 1. The van der Waals surface area contributed by atoms with Gasteiger partial charge in [0.1, 0.15) is 17.5 Å². The second kappa shape index (κ2) is 7.46. The summed E-state index contributed by atoms with van der Waals surface area (Å²) in [4.78, 5) is 24.1. The van der Waals surface area contributed by atoms with Crippen molar-refractivity contribution in [1.82, 2.24) is 24.8 Å². The Kier molecular flexibility index (Phi) is 5.11. The molecule has 132 valence electrons. The van der Waals surface area contributed by atoms with Gasteiger partial charge in [-0.2, -0.15) is 0 Å². The molecule has 2 aromatic heterocycles. The van der Waals surface area contributed by atoms with E-state index in [-0.39, 0.29) is 17.8 Å². The summed E-state index contributed by atoms with van der Waals surface area (Å²) >= 11 is 0. The topological polar surface area (TPSA) is 75.6 Å². The smallest absolute Gasteiger partial charge is 0.221 e. The Hall–Kier alpha value is -2.70. The van der Waals surface area contributed by atoms with Crippen LogP contribution in [0.4, 0.5) is 4.39 Å². The zero-order valence-electron chi connectivity index (χ0n) is 14.4. The maximum Gasteiger partial charge on any atom is 0.221 e. The van der Waals surface area contributed by atoms with Gasteiger partial charge in [0.15, 0.2) is 0 Å². The molecule has 0 bridgehead atoms. The average molecular weight is 343 g/mol. The molecule has 0 spiro atoms. The molecule has 7 heteroatoms. The standard InChI is InChI=1S/C18H22FN5O/c1-3-4-14(18-20-9-10-24(18)2)23-17(25)8-7-16-21-13-6-5-12(19)11-15(13)22-16/h5-6,9-11,14H,3-4,7-8H2,1-2H3,(H,21,22)(H,23,25)/t14-/m1/s1. The number of H-pyrrole nitrogens is 1. The van der Waals surface area contributed by atoms with Crippen LogP contribution in [-0.4, -0.2) is 25.4 Å². The Bertz CT molecular complexity index is 869. The number of hydrogen-bond donors (Lipinski definition) is 2. The minimum Gasteiger partial charge on any atom is -0.346 e. The fraction of sp³-hybridized carbons (Fsp3) is 0.389. The van der Waals surface area contributed by atoms with E-state index in [0.29, 0.717) is 29.7 Å². The molecule has 0 radical (unpaired) electrons. The summed E-state index contributed by atoms with van der Waals surface area (Å²) in [7, 11) is 1.92. The molecule has 2 heterocycles. The fourth-order valence-corrected chi connectivity index (χ4v) is 2.92. The predicted octanol–water partition coefficient (Wildman–Crippen LogP) is 3.03.